The zero-order valence-corrected chi connectivity index (χ0v) is 16.5. The highest BCUT2D eigenvalue weighted by Gasteiger charge is 2.20. The number of aromatic hydroxyl groups is 2. The molecule has 29 heavy (non-hydrogen) atoms. The quantitative estimate of drug-likeness (QED) is 0.522. The third kappa shape index (κ3) is 4.85. The second kappa shape index (κ2) is 8.93. The van der Waals surface area contributed by atoms with Gasteiger partial charge in [-0.15, -0.1) is 0 Å². The van der Waals surface area contributed by atoms with Crippen molar-refractivity contribution in [3.8, 4) is 11.5 Å². The highest BCUT2D eigenvalue weighted by Crippen LogP contribution is 2.23. The Morgan fingerprint density at radius 1 is 0.828 bits per heavy atom. The molecule has 0 saturated carbocycles. The molecule has 0 amide bonds. The smallest absolute Gasteiger partial charge is 0.250 e. The van der Waals surface area contributed by atoms with Crippen molar-refractivity contribution in [1.29, 1.82) is 0 Å². The summed E-state index contributed by atoms with van der Waals surface area (Å²) in [6.45, 7) is 3.81. The molecule has 3 heterocycles. The second-order valence-electron chi connectivity index (χ2n) is 7.47. The number of phenols is 2. The number of anilines is 3. The van der Waals surface area contributed by atoms with E-state index in [1.807, 2.05) is 0 Å². The minimum absolute atomic E-state index is 0.00224. The Hall–Kier alpha value is -3.10. The SMILES string of the molecule is Oc1ccc(/C=N\Nc2nc(N3CCCCC3)nc(N3CCCCC3)n2)c(O)c1. The van der Waals surface area contributed by atoms with Gasteiger partial charge in [-0.1, -0.05) is 0 Å². The Labute approximate surface area is 170 Å². The van der Waals surface area contributed by atoms with Gasteiger partial charge in [0, 0.05) is 37.8 Å². The van der Waals surface area contributed by atoms with Crippen molar-refractivity contribution < 1.29 is 10.2 Å². The zero-order valence-electron chi connectivity index (χ0n) is 16.5. The van der Waals surface area contributed by atoms with E-state index >= 15 is 0 Å². The average Bonchev–Trinajstić information content (AvgIpc) is 2.76. The predicted molar refractivity (Wildman–Crippen MR) is 113 cm³/mol. The minimum Gasteiger partial charge on any atom is -0.508 e. The molecule has 2 aliphatic heterocycles. The lowest BCUT2D eigenvalue weighted by Gasteiger charge is -2.30. The number of rotatable bonds is 5. The van der Waals surface area contributed by atoms with Gasteiger partial charge in [0.15, 0.2) is 0 Å². The highest BCUT2D eigenvalue weighted by atomic mass is 16.3. The molecule has 1 aromatic carbocycles. The fourth-order valence-corrected chi connectivity index (χ4v) is 3.68. The van der Waals surface area contributed by atoms with E-state index in [1.165, 1.54) is 31.2 Å². The van der Waals surface area contributed by atoms with E-state index in [0.29, 0.717) is 23.4 Å². The molecule has 2 aromatic rings. The lowest BCUT2D eigenvalue weighted by molar-refractivity contribution is 0.450. The zero-order chi connectivity index (χ0) is 20.1. The van der Waals surface area contributed by atoms with Crippen LogP contribution in [0, 0.1) is 0 Å². The Morgan fingerprint density at radius 2 is 1.41 bits per heavy atom. The standard InChI is InChI=1S/C20H27N7O2/c28-16-8-7-15(17(29)13-16)14-21-25-18-22-19(26-9-3-1-4-10-26)24-20(23-18)27-11-5-2-6-12-27/h7-8,13-14,28-29H,1-6,9-12H2,(H,22,23,24,25)/b21-14-. The van der Waals surface area contributed by atoms with E-state index in [-0.39, 0.29) is 11.5 Å². The van der Waals surface area contributed by atoms with Crippen molar-refractivity contribution in [2.24, 2.45) is 5.10 Å². The molecule has 2 fully saturated rings. The summed E-state index contributed by atoms with van der Waals surface area (Å²) in [5, 5.41) is 23.4. The van der Waals surface area contributed by atoms with E-state index in [4.69, 9.17) is 4.98 Å². The molecule has 2 aliphatic rings. The van der Waals surface area contributed by atoms with E-state index in [1.54, 1.807) is 6.07 Å². The van der Waals surface area contributed by atoms with Crippen molar-refractivity contribution in [1.82, 2.24) is 15.0 Å². The first-order valence-corrected chi connectivity index (χ1v) is 10.3. The fraction of sp³-hybridized carbons (Fsp3) is 0.500. The number of aromatic nitrogens is 3. The van der Waals surface area contributed by atoms with Crippen LogP contribution in [0.3, 0.4) is 0 Å². The maximum Gasteiger partial charge on any atom is 0.250 e. The van der Waals surface area contributed by atoms with Gasteiger partial charge in [-0.25, -0.2) is 5.43 Å². The third-order valence-corrected chi connectivity index (χ3v) is 5.27. The normalized spacial score (nSPS) is 17.7. The fourth-order valence-electron chi connectivity index (χ4n) is 3.68. The minimum atomic E-state index is -0.0470. The van der Waals surface area contributed by atoms with Gasteiger partial charge in [0.05, 0.1) is 6.21 Å². The summed E-state index contributed by atoms with van der Waals surface area (Å²) in [5.41, 5.74) is 3.36. The highest BCUT2D eigenvalue weighted by molar-refractivity contribution is 5.84. The van der Waals surface area contributed by atoms with Gasteiger partial charge >= 0.3 is 0 Å². The van der Waals surface area contributed by atoms with Gasteiger partial charge in [0.1, 0.15) is 11.5 Å². The summed E-state index contributed by atoms with van der Waals surface area (Å²) in [6, 6.07) is 4.35. The van der Waals surface area contributed by atoms with Crippen LogP contribution in [0.25, 0.3) is 0 Å². The monoisotopic (exact) mass is 397 g/mol. The van der Waals surface area contributed by atoms with Crippen LogP contribution < -0.4 is 15.2 Å². The summed E-state index contributed by atoms with van der Waals surface area (Å²) < 4.78 is 0. The molecule has 0 unspecified atom stereocenters. The number of hydrogen-bond acceptors (Lipinski definition) is 9. The largest absolute Gasteiger partial charge is 0.508 e. The van der Waals surface area contributed by atoms with E-state index in [2.05, 4.69) is 30.3 Å². The van der Waals surface area contributed by atoms with Gasteiger partial charge in [0.2, 0.25) is 17.8 Å². The maximum absolute atomic E-state index is 9.88. The summed E-state index contributed by atoms with van der Waals surface area (Å²) in [6.07, 6.45) is 8.53. The summed E-state index contributed by atoms with van der Waals surface area (Å²) in [7, 11) is 0. The van der Waals surface area contributed by atoms with Crippen LogP contribution >= 0.6 is 0 Å². The van der Waals surface area contributed by atoms with E-state index in [9.17, 15) is 10.2 Å². The van der Waals surface area contributed by atoms with Crippen molar-refractivity contribution >= 4 is 24.1 Å². The topological polar surface area (TPSA) is 110 Å². The molecule has 9 nitrogen and oxygen atoms in total. The molecular formula is C20H27N7O2. The Morgan fingerprint density at radius 3 is 1.97 bits per heavy atom. The third-order valence-electron chi connectivity index (χ3n) is 5.27. The molecule has 1 aromatic heterocycles. The van der Waals surface area contributed by atoms with Crippen LogP contribution in [-0.2, 0) is 0 Å². The lowest BCUT2D eigenvalue weighted by atomic mass is 10.1. The molecule has 154 valence electrons. The molecule has 4 rings (SSSR count). The van der Waals surface area contributed by atoms with Gasteiger partial charge in [0.25, 0.3) is 0 Å². The van der Waals surface area contributed by atoms with Gasteiger partial charge in [-0.3, -0.25) is 0 Å². The molecule has 0 spiro atoms. The molecular weight excluding hydrogens is 370 g/mol. The number of nitrogens with zero attached hydrogens (tertiary/aromatic N) is 6. The Bertz CT molecular complexity index is 826. The average molecular weight is 397 g/mol. The van der Waals surface area contributed by atoms with Crippen LogP contribution in [0.15, 0.2) is 23.3 Å². The molecule has 2 saturated heterocycles. The van der Waals surface area contributed by atoms with Crippen LogP contribution in [0.5, 0.6) is 11.5 Å². The van der Waals surface area contributed by atoms with Crippen molar-refractivity contribution in [3.63, 3.8) is 0 Å². The number of hydrazone groups is 1. The van der Waals surface area contributed by atoms with Crippen LogP contribution in [0.4, 0.5) is 17.8 Å². The van der Waals surface area contributed by atoms with Crippen molar-refractivity contribution in [2.75, 3.05) is 41.4 Å². The molecule has 0 radical (unpaired) electrons. The Kier molecular flexibility index (Phi) is 5.92. The van der Waals surface area contributed by atoms with Gasteiger partial charge in [-0.2, -0.15) is 20.1 Å². The number of piperidine rings is 2. The first-order chi connectivity index (χ1) is 14.2. The second-order valence-corrected chi connectivity index (χ2v) is 7.47. The van der Waals surface area contributed by atoms with Crippen molar-refractivity contribution in [3.05, 3.63) is 23.8 Å². The number of phenolic OH excluding ortho intramolecular Hbond substituents is 2. The van der Waals surface area contributed by atoms with Crippen LogP contribution in [0.1, 0.15) is 44.1 Å². The number of nitrogens with one attached hydrogen (secondary N) is 1. The van der Waals surface area contributed by atoms with Gasteiger partial charge in [-0.05, 0) is 50.7 Å². The van der Waals surface area contributed by atoms with Crippen LogP contribution in [-0.4, -0.2) is 57.6 Å². The lowest BCUT2D eigenvalue weighted by Crippen LogP contribution is -2.34. The summed E-state index contributed by atoms with van der Waals surface area (Å²) in [4.78, 5) is 18.3. The number of benzene rings is 1. The molecule has 9 heteroatoms. The molecule has 3 N–H and O–H groups in total. The Balaban J connectivity index is 1.56. The van der Waals surface area contributed by atoms with Crippen molar-refractivity contribution in [2.45, 2.75) is 38.5 Å². The van der Waals surface area contributed by atoms with E-state index in [0.717, 1.165) is 51.9 Å². The summed E-state index contributed by atoms with van der Waals surface area (Å²) in [5.74, 6) is 1.71. The van der Waals surface area contributed by atoms with Crippen LogP contribution in [0.2, 0.25) is 0 Å². The maximum atomic E-state index is 9.88. The van der Waals surface area contributed by atoms with Gasteiger partial charge < -0.3 is 20.0 Å². The molecule has 0 bridgehead atoms. The first-order valence-electron chi connectivity index (χ1n) is 10.3. The summed E-state index contributed by atoms with van der Waals surface area (Å²) >= 11 is 0. The van der Waals surface area contributed by atoms with E-state index < -0.39 is 0 Å². The predicted octanol–water partition coefficient (Wildman–Crippen LogP) is 2.71. The first kappa shape index (κ1) is 19.2. The molecule has 0 aliphatic carbocycles. The number of hydrogen-bond donors (Lipinski definition) is 3. The molecule has 0 atom stereocenters.